The number of para-hydroxylation sites is 2. The van der Waals surface area contributed by atoms with Crippen LogP contribution in [0.4, 0.5) is 0 Å². The molecule has 1 aliphatic heterocycles. The largest absolute Gasteiger partial charge is 0.486 e. The van der Waals surface area contributed by atoms with Crippen molar-refractivity contribution in [3.05, 3.63) is 58.3 Å². The number of benzene rings is 2. The molecule has 25 heavy (non-hydrogen) atoms. The van der Waals surface area contributed by atoms with Crippen molar-refractivity contribution in [1.29, 1.82) is 0 Å². The molecule has 3 aromatic rings. The Hall–Kier alpha value is -2.47. The third kappa shape index (κ3) is 3.09. The van der Waals surface area contributed by atoms with Crippen molar-refractivity contribution in [3.63, 3.8) is 0 Å². The predicted molar refractivity (Wildman–Crippen MR) is 97.3 cm³/mol. The van der Waals surface area contributed by atoms with E-state index in [1.807, 2.05) is 49.4 Å². The first-order valence-electron chi connectivity index (χ1n) is 7.97. The predicted octanol–water partition coefficient (Wildman–Crippen LogP) is 4.07. The van der Waals surface area contributed by atoms with Gasteiger partial charge in [-0.2, -0.15) is 0 Å². The summed E-state index contributed by atoms with van der Waals surface area (Å²) in [5.74, 6) is 1.49. The number of carbonyl (C=O) groups excluding carboxylic acids is 1. The fraction of sp³-hybridized carbons (Fsp3) is 0.211. The zero-order valence-electron chi connectivity index (χ0n) is 13.5. The molecule has 1 aliphatic rings. The third-order valence-corrected chi connectivity index (χ3v) is 4.66. The quantitative estimate of drug-likeness (QED) is 0.718. The van der Waals surface area contributed by atoms with E-state index in [4.69, 9.17) is 13.9 Å². The summed E-state index contributed by atoms with van der Waals surface area (Å²) in [5, 5.41) is 3.79. The van der Waals surface area contributed by atoms with Gasteiger partial charge in [0.15, 0.2) is 17.3 Å². The Bertz CT molecular complexity index is 950. The van der Waals surface area contributed by atoms with Crippen LogP contribution in [0.5, 0.6) is 11.5 Å². The first-order valence-corrected chi connectivity index (χ1v) is 8.76. The van der Waals surface area contributed by atoms with E-state index in [1.54, 1.807) is 0 Å². The van der Waals surface area contributed by atoms with E-state index >= 15 is 0 Å². The van der Waals surface area contributed by atoms with Crippen LogP contribution in [0.25, 0.3) is 11.0 Å². The molecule has 0 saturated heterocycles. The van der Waals surface area contributed by atoms with Gasteiger partial charge >= 0.3 is 0 Å². The Kier molecular flexibility index (Phi) is 4.13. The van der Waals surface area contributed by atoms with E-state index in [-0.39, 0.29) is 12.0 Å². The number of carbonyl (C=O) groups is 1. The molecule has 2 aromatic carbocycles. The SMILES string of the molecule is Cc1c(C(=O)NC[C@@H]2COc3ccccc3O2)oc2ccc(Br)cc12. The zero-order chi connectivity index (χ0) is 17.4. The number of halogens is 1. The fourth-order valence-corrected chi connectivity index (χ4v) is 3.22. The van der Waals surface area contributed by atoms with Crippen LogP contribution >= 0.6 is 15.9 Å². The highest BCUT2D eigenvalue weighted by molar-refractivity contribution is 9.10. The number of hydrogen-bond donors (Lipinski definition) is 1. The van der Waals surface area contributed by atoms with Crippen molar-refractivity contribution < 1.29 is 18.7 Å². The Morgan fingerprint density at radius 1 is 1.24 bits per heavy atom. The van der Waals surface area contributed by atoms with Crippen LogP contribution in [0, 0.1) is 6.92 Å². The Morgan fingerprint density at radius 3 is 2.88 bits per heavy atom. The van der Waals surface area contributed by atoms with E-state index in [0.717, 1.165) is 21.2 Å². The van der Waals surface area contributed by atoms with Crippen LogP contribution in [-0.4, -0.2) is 25.2 Å². The van der Waals surface area contributed by atoms with Crippen LogP contribution in [-0.2, 0) is 0 Å². The van der Waals surface area contributed by atoms with Gasteiger partial charge in [0.2, 0.25) is 0 Å². The first-order chi connectivity index (χ1) is 12.1. The molecule has 0 spiro atoms. The molecule has 128 valence electrons. The normalized spacial score (nSPS) is 16.0. The minimum Gasteiger partial charge on any atom is -0.486 e. The lowest BCUT2D eigenvalue weighted by molar-refractivity contribution is 0.0774. The fourth-order valence-electron chi connectivity index (χ4n) is 2.86. The van der Waals surface area contributed by atoms with Gasteiger partial charge in [0.1, 0.15) is 18.3 Å². The Balaban J connectivity index is 1.46. The summed E-state index contributed by atoms with van der Waals surface area (Å²) in [5.41, 5.74) is 1.51. The second-order valence-electron chi connectivity index (χ2n) is 5.90. The van der Waals surface area contributed by atoms with E-state index in [0.29, 0.717) is 30.2 Å². The molecule has 1 aromatic heterocycles. The Labute approximate surface area is 153 Å². The number of aryl methyl sites for hydroxylation is 1. The van der Waals surface area contributed by atoms with E-state index in [1.165, 1.54) is 0 Å². The second-order valence-corrected chi connectivity index (χ2v) is 6.82. The second kappa shape index (κ2) is 6.44. The number of nitrogens with one attached hydrogen (secondary N) is 1. The maximum Gasteiger partial charge on any atom is 0.287 e. The van der Waals surface area contributed by atoms with E-state index in [2.05, 4.69) is 21.2 Å². The van der Waals surface area contributed by atoms with Crippen LogP contribution in [0.3, 0.4) is 0 Å². The highest BCUT2D eigenvalue weighted by Gasteiger charge is 2.23. The Morgan fingerprint density at radius 2 is 2.04 bits per heavy atom. The monoisotopic (exact) mass is 401 g/mol. The van der Waals surface area contributed by atoms with Crippen LogP contribution in [0.1, 0.15) is 16.1 Å². The molecule has 5 nitrogen and oxygen atoms in total. The summed E-state index contributed by atoms with van der Waals surface area (Å²) in [6.45, 7) is 2.61. The molecule has 0 fully saturated rings. The molecule has 4 rings (SSSR count). The molecule has 0 aliphatic carbocycles. The minimum absolute atomic E-state index is 0.238. The van der Waals surface area contributed by atoms with Crippen LogP contribution in [0.2, 0.25) is 0 Å². The van der Waals surface area contributed by atoms with Crippen LogP contribution < -0.4 is 14.8 Å². The summed E-state index contributed by atoms with van der Waals surface area (Å²) < 4.78 is 18.2. The van der Waals surface area contributed by atoms with Crippen molar-refractivity contribution in [1.82, 2.24) is 5.32 Å². The van der Waals surface area contributed by atoms with Gasteiger partial charge < -0.3 is 19.2 Å². The molecule has 0 unspecified atom stereocenters. The van der Waals surface area contributed by atoms with Crippen molar-refractivity contribution in [3.8, 4) is 11.5 Å². The lowest BCUT2D eigenvalue weighted by Crippen LogP contribution is -2.40. The number of amides is 1. The number of fused-ring (bicyclic) bond motifs is 2. The minimum atomic E-state index is -0.257. The average Bonchev–Trinajstić information content (AvgIpc) is 2.96. The van der Waals surface area contributed by atoms with E-state index < -0.39 is 0 Å². The summed E-state index contributed by atoms with van der Waals surface area (Å²) in [6.07, 6.45) is -0.238. The number of rotatable bonds is 3. The van der Waals surface area contributed by atoms with Crippen molar-refractivity contribution in [2.75, 3.05) is 13.2 Å². The number of hydrogen-bond acceptors (Lipinski definition) is 4. The number of ether oxygens (including phenoxy) is 2. The smallest absolute Gasteiger partial charge is 0.287 e. The highest BCUT2D eigenvalue weighted by atomic mass is 79.9. The van der Waals surface area contributed by atoms with Gasteiger partial charge in [0.25, 0.3) is 5.91 Å². The van der Waals surface area contributed by atoms with Gasteiger partial charge in [0.05, 0.1) is 6.54 Å². The van der Waals surface area contributed by atoms with Gasteiger partial charge in [-0.25, -0.2) is 0 Å². The summed E-state index contributed by atoms with van der Waals surface area (Å²) >= 11 is 3.44. The molecular formula is C19H16BrNO4. The summed E-state index contributed by atoms with van der Waals surface area (Å²) in [6, 6.07) is 13.2. The lowest BCUT2D eigenvalue weighted by atomic mass is 10.1. The lowest BCUT2D eigenvalue weighted by Gasteiger charge is -2.26. The highest BCUT2D eigenvalue weighted by Crippen LogP contribution is 2.31. The van der Waals surface area contributed by atoms with Gasteiger partial charge in [-0.1, -0.05) is 28.1 Å². The van der Waals surface area contributed by atoms with Gasteiger partial charge in [-0.15, -0.1) is 0 Å². The summed E-state index contributed by atoms with van der Waals surface area (Å²) in [7, 11) is 0. The standard InChI is InChI=1S/C19H16BrNO4/c1-11-14-8-12(20)6-7-15(14)25-18(11)19(22)21-9-13-10-23-16-4-2-3-5-17(16)24-13/h2-8,13H,9-10H2,1H3,(H,21,22)/t13-/m1/s1. The van der Waals surface area contributed by atoms with Crippen molar-refractivity contribution in [2.24, 2.45) is 0 Å². The first kappa shape index (κ1) is 16.0. The molecular weight excluding hydrogens is 386 g/mol. The molecule has 0 bridgehead atoms. The van der Waals surface area contributed by atoms with Gasteiger partial charge in [-0.3, -0.25) is 4.79 Å². The zero-order valence-corrected chi connectivity index (χ0v) is 15.1. The molecule has 1 N–H and O–H groups in total. The molecule has 0 radical (unpaired) electrons. The molecule has 1 amide bonds. The van der Waals surface area contributed by atoms with Crippen molar-refractivity contribution in [2.45, 2.75) is 13.0 Å². The molecule has 6 heteroatoms. The molecule has 0 saturated carbocycles. The topological polar surface area (TPSA) is 60.7 Å². The number of furan rings is 1. The van der Waals surface area contributed by atoms with E-state index in [9.17, 15) is 4.79 Å². The third-order valence-electron chi connectivity index (χ3n) is 4.16. The van der Waals surface area contributed by atoms with Gasteiger partial charge in [0, 0.05) is 15.4 Å². The molecule has 2 heterocycles. The summed E-state index contributed by atoms with van der Waals surface area (Å²) in [4.78, 5) is 12.5. The molecule has 1 atom stereocenters. The maximum atomic E-state index is 12.5. The van der Waals surface area contributed by atoms with Crippen LogP contribution in [0.15, 0.2) is 51.4 Å². The average molecular weight is 402 g/mol. The van der Waals surface area contributed by atoms with Crippen molar-refractivity contribution >= 4 is 32.8 Å². The van der Waals surface area contributed by atoms with Gasteiger partial charge in [-0.05, 0) is 37.3 Å². The maximum absolute atomic E-state index is 12.5.